The van der Waals surface area contributed by atoms with E-state index in [2.05, 4.69) is 31.8 Å². The van der Waals surface area contributed by atoms with Crippen LogP contribution in [0.5, 0.6) is 17.2 Å². The molecule has 0 fully saturated rings. The van der Waals surface area contributed by atoms with Crippen molar-refractivity contribution in [3.05, 3.63) is 52.0 Å². The Kier molecular flexibility index (Phi) is 7.18. The molecule has 0 unspecified atom stereocenters. The van der Waals surface area contributed by atoms with Crippen molar-refractivity contribution in [2.45, 2.75) is 0 Å². The largest absolute Gasteiger partial charge is 0.504 e. The van der Waals surface area contributed by atoms with Gasteiger partial charge in [-0.15, -0.1) is 0 Å². The van der Waals surface area contributed by atoms with Gasteiger partial charge < -0.3 is 19.9 Å². The minimum absolute atomic E-state index is 0.108. The van der Waals surface area contributed by atoms with Crippen molar-refractivity contribution in [3.8, 4) is 17.2 Å². The number of hydrogen-bond donors (Lipinski definition) is 3. The highest BCUT2D eigenvalue weighted by Crippen LogP contribution is 2.32. The average Bonchev–Trinajstić information content (AvgIpc) is 2.68. The molecule has 142 valence electrons. The Hall–Kier alpha value is -3.07. The molecule has 0 radical (unpaired) electrons. The van der Waals surface area contributed by atoms with Gasteiger partial charge >= 0.3 is 0 Å². The predicted molar refractivity (Wildman–Crippen MR) is 103 cm³/mol. The number of nitrogens with one attached hydrogen (secondary N) is 2. The molecule has 0 spiro atoms. The van der Waals surface area contributed by atoms with Crippen LogP contribution in [0.15, 0.2) is 46.0 Å². The Morgan fingerprint density at radius 3 is 2.59 bits per heavy atom. The number of methoxy groups -OCH3 is 2. The maximum atomic E-state index is 12.1. The smallest absolute Gasteiger partial charge is 0.259 e. The highest BCUT2D eigenvalue weighted by atomic mass is 79.9. The van der Waals surface area contributed by atoms with Crippen LogP contribution in [-0.4, -0.2) is 43.9 Å². The number of carbonyl (C=O) groups is 2. The molecular formula is C18H18BrN3O5. The number of carbonyl (C=O) groups excluding carboxylic acids is 2. The van der Waals surface area contributed by atoms with Crippen LogP contribution < -0.4 is 20.2 Å². The number of nitrogens with zero attached hydrogens (tertiary/aromatic N) is 1. The fourth-order valence-corrected chi connectivity index (χ4v) is 2.60. The summed E-state index contributed by atoms with van der Waals surface area (Å²) in [5.74, 6) is -0.409. The van der Waals surface area contributed by atoms with E-state index in [1.54, 1.807) is 36.4 Å². The first-order valence-electron chi connectivity index (χ1n) is 7.76. The monoisotopic (exact) mass is 435 g/mol. The molecule has 27 heavy (non-hydrogen) atoms. The standard InChI is InChI=1S/C18H18BrN3O5/c1-26-14-6-4-3-5-13(14)18(25)20-10-16(23)22-21-9-11-7-12(19)8-15(27-2)17(11)24/h3-9,24H,10H2,1-2H3,(H,20,25)(H,22,23)/b21-9+. The van der Waals surface area contributed by atoms with E-state index in [9.17, 15) is 14.7 Å². The maximum absolute atomic E-state index is 12.1. The summed E-state index contributed by atoms with van der Waals surface area (Å²) in [5, 5.41) is 16.3. The molecule has 2 amide bonds. The summed E-state index contributed by atoms with van der Waals surface area (Å²) in [6, 6.07) is 9.88. The fraction of sp³-hybridized carbons (Fsp3) is 0.167. The van der Waals surface area contributed by atoms with E-state index in [4.69, 9.17) is 9.47 Å². The molecular weight excluding hydrogens is 418 g/mol. The SMILES string of the molecule is COc1ccccc1C(=O)NCC(=O)N/N=C/c1cc(Br)cc(OC)c1O. The van der Waals surface area contributed by atoms with Gasteiger partial charge in [-0.05, 0) is 24.3 Å². The van der Waals surface area contributed by atoms with Crippen molar-refractivity contribution >= 4 is 34.0 Å². The van der Waals surface area contributed by atoms with Crippen molar-refractivity contribution in [1.82, 2.24) is 10.7 Å². The van der Waals surface area contributed by atoms with Gasteiger partial charge in [-0.1, -0.05) is 28.1 Å². The van der Waals surface area contributed by atoms with Crippen molar-refractivity contribution in [2.75, 3.05) is 20.8 Å². The Labute approximate surface area is 164 Å². The molecule has 0 bridgehead atoms. The van der Waals surface area contributed by atoms with Crippen LogP contribution in [0.1, 0.15) is 15.9 Å². The van der Waals surface area contributed by atoms with Crippen LogP contribution in [0, 0.1) is 0 Å². The molecule has 0 heterocycles. The highest BCUT2D eigenvalue weighted by Gasteiger charge is 2.12. The summed E-state index contributed by atoms with van der Waals surface area (Å²) in [4.78, 5) is 23.9. The molecule has 0 aliphatic rings. The van der Waals surface area contributed by atoms with E-state index in [0.717, 1.165) is 0 Å². The number of phenols is 1. The molecule has 2 aromatic rings. The van der Waals surface area contributed by atoms with E-state index in [1.807, 2.05) is 0 Å². The van der Waals surface area contributed by atoms with Crippen LogP contribution in [0.2, 0.25) is 0 Å². The minimum Gasteiger partial charge on any atom is -0.504 e. The third-order valence-electron chi connectivity index (χ3n) is 3.44. The van der Waals surface area contributed by atoms with Crippen molar-refractivity contribution in [2.24, 2.45) is 5.10 Å². The number of ether oxygens (including phenoxy) is 2. The molecule has 2 rings (SSSR count). The topological polar surface area (TPSA) is 109 Å². The summed E-state index contributed by atoms with van der Waals surface area (Å²) < 4.78 is 10.8. The Bertz CT molecular complexity index is 870. The maximum Gasteiger partial charge on any atom is 0.259 e. The second kappa shape index (κ2) is 9.58. The number of halogens is 1. The zero-order valence-corrected chi connectivity index (χ0v) is 16.2. The fourth-order valence-electron chi connectivity index (χ4n) is 2.15. The van der Waals surface area contributed by atoms with Gasteiger partial charge in [0.15, 0.2) is 11.5 Å². The summed E-state index contributed by atoms with van der Waals surface area (Å²) >= 11 is 3.29. The normalized spacial score (nSPS) is 10.5. The van der Waals surface area contributed by atoms with Gasteiger partial charge in [-0.25, -0.2) is 5.43 Å². The number of aromatic hydroxyl groups is 1. The Morgan fingerprint density at radius 2 is 1.89 bits per heavy atom. The number of rotatable bonds is 7. The van der Waals surface area contributed by atoms with E-state index in [-0.39, 0.29) is 18.0 Å². The van der Waals surface area contributed by atoms with Crippen molar-refractivity contribution in [3.63, 3.8) is 0 Å². The van der Waals surface area contributed by atoms with Crippen LogP contribution in [-0.2, 0) is 4.79 Å². The molecule has 0 saturated carbocycles. The quantitative estimate of drug-likeness (QED) is 0.455. The zero-order chi connectivity index (χ0) is 19.8. The number of phenolic OH excluding ortho intramolecular Hbond substituents is 1. The van der Waals surface area contributed by atoms with Crippen LogP contribution >= 0.6 is 15.9 Å². The molecule has 2 aromatic carbocycles. The summed E-state index contributed by atoms with van der Waals surface area (Å²) in [5.41, 5.74) is 2.94. The molecule has 0 aliphatic heterocycles. The van der Waals surface area contributed by atoms with Crippen LogP contribution in [0.3, 0.4) is 0 Å². The molecule has 0 aromatic heterocycles. The van der Waals surface area contributed by atoms with Gasteiger partial charge in [0.2, 0.25) is 0 Å². The molecule has 8 nitrogen and oxygen atoms in total. The summed E-state index contributed by atoms with van der Waals surface area (Å²) in [6.07, 6.45) is 1.27. The van der Waals surface area contributed by atoms with Crippen molar-refractivity contribution in [1.29, 1.82) is 0 Å². The van der Waals surface area contributed by atoms with E-state index >= 15 is 0 Å². The van der Waals surface area contributed by atoms with Crippen LogP contribution in [0.25, 0.3) is 0 Å². The third-order valence-corrected chi connectivity index (χ3v) is 3.90. The first kappa shape index (κ1) is 20.2. The molecule has 0 saturated heterocycles. The highest BCUT2D eigenvalue weighted by molar-refractivity contribution is 9.10. The lowest BCUT2D eigenvalue weighted by molar-refractivity contribution is -0.120. The third kappa shape index (κ3) is 5.45. The molecule has 9 heteroatoms. The van der Waals surface area contributed by atoms with Gasteiger partial charge in [-0.3, -0.25) is 9.59 Å². The second-order valence-corrected chi connectivity index (χ2v) is 6.14. The van der Waals surface area contributed by atoms with Gasteiger partial charge in [0.05, 0.1) is 32.5 Å². The number of amides is 2. The molecule has 0 atom stereocenters. The first-order valence-corrected chi connectivity index (χ1v) is 8.55. The van der Waals surface area contributed by atoms with Crippen LogP contribution in [0.4, 0.5) is 0 Å². The lowest BCUT2D eigenvalue weighted by Gasteiger charge is -2.08. The number of benzene rings is 2. The zero-order valence-electron chi connectivity index (χ0n) is 14.7. The number of hydrogen-bond acceptors (Lipinski definition) is 6. The summed E-state index contributed by atoms with van der Waals surface area (Å²) in [7, 11) is 2.88. The second-order valence-electron chi connectivity index (χ2n) is 5.22. The molecule has 0 aliphatic carbocycles. The predicted octanol–water partition coefficient (Wildman–Crippen LogP) is 2.05. The lowest BCUT2D eigenvalue weighted by atomic mass is 10.2. The van der Waals surface area contributed by atoms with E-state index in [1.165, 1.54) is 20.4 Å². The van der Waals surface area contributed by atoms with Crippen molar-refractivity contribution < 1.29 is 24.2 Å². The van der Waals surface area contributed by atoms with E-state index in [0.29, 0.717) is 21.3 Å². The minimum atomic E-state index is -0.532. The van der Waals surface area contributed by atoms with Gasteiger partial charge in [-0.2, -0.15) is 5.10 Å². The first-order chi connectivity index (χ1) is 13.0. The lowest BCUT2D eigenvalue weighted by Crippen LogP contribution is -2.35. The Morgan fingerprint density at radius 1 is 1.19 bits per heavy atom. The van der Waals surface area contributed by atoms with Gasteiger partial charge in [0.25, 0.3) is 11.8 Å². The average molecular weight is 436 g/mol. The molecule has 3 N–H and O–H groups in total. The number of para-hydroxylation sites is 1. The number of hydrazone groups is 1. The Balaban J connectivity index is 1.92. The van der Waals surface area contributed by atoms with Gasteiger partial charge in [0, 0.05) is 10.0 Å². The van der Waals surface area contributed by atoms with Gasteiger partial charge in [0.1, 0.15) is 5.75 Å². The van der Waals surface area contributed by atoms with E-state index < -0.39 is 11.8 Å². The summed E-state index contributed by atoms with van der Waals surface area (Å²) in [6.45, 7) is -0.276.